The van der Waals surface area contributed by atoms with Gasteiger partial charge in [-0.1, -0.05) is 77.9 Å². The predicted octanol–water partition coefficient (Wildman–Crippen LogP) is 8.98. The Morgan fingerprint density at radius 1 is 1.11 bits per heavy atom. The SMILES string of the molecule is C=C(C)Nc1scc(-c2ccc(Cl)cc2)c1C(=O)O.C=CC.CC.CC.CC. The molecule has 0 aliphatic carbocycles. The number of allylic oxidation sites excluding steroid dienone is 2. The third-order valence-electron chi connectivity index (χ3n) is 2.49. The molecule has 28 heavy (non-hydrogen) atoms. The number of thiophene rings is 1. The molecule has 2 rings (SSSR count). The van der Waals surface area contributed by atoms with E-state index in [4.69, 9.17) is 11.6 Å². The topological polar surface area (TPSA) is 49.3 Å². The number of hydrogen-bond acceptors (Lipinski definition) is 3. The number of anilines is 1. The van der Waals surface area contributed by atoms with Crippen molar-refractivity contribution < 1.29 is 9.90 Å². The van der Waals surface area contributed by atoms with Gasteiger partial charge in [-0.2, -0.15) is 0 Å². The van der Waals surface area contributed by atoms with Crippen molar-refractivity contribution in [2.24, 2.45) is 0 Å². The highest BCUT2D eigenvalue weighted by Gasteiger charge is 2.19. The molecule has 0 bridgehead atoms. The van der Waals surface area contributed by atoms with Crippen molar-refractivity contribution in [2.75, 3.05) is 5.32 Å². The van der Waals surface area contributed by atoms with E-state index in [1.807, 2.05) is 53.8 Å². The van der Waals surface area contributed by atoms with Crippen molar-refractivity contribution in [3.63, 3.8) is 0 Å². The maximum Gasteiger partial charge on any atom is 0.339 e. The van der Waals surface area contributed by atoms with Crippen LogP contribution in [0.4, 0.5) is 5.00 Å². The number of carbonyl (C=O) groups is 1. The average molecular weight is 426 g/mol. The number of hydrogen-bond donors (Lipinski definition) is 2. The van der Waals surface area contributed by atoms with Gasteiger partial charge in [-0.05, 0) is 31.5 Å². The molecule has 1 heterocycles. The summed E-state index contributed by atoms with van der Waals surface area (Å²) in [5.41, 5.74) is 2.47. The van der Waals surface area contributed by atoms with Gasteiger partial charge in [0.2, 0.25) is 0 Å². The molecule has 3 nitrogen and oxygen atoms in total. The van der Waals surface area contributed by atoms with Crippen molar-refractivity contribution in [3.05, 3.63) is 65.2 Å². The first-order valence-corrected chi connectivity index (χ1v) is 10.8. The molecule has 0 fully saturated rings. The van der Waals surface area contributed by atoms with E-state index < -0.39 is 5.97 Å². The van der Waals surface area contributed by atoms with Gasteiger partial charge in [0.25, 0.3) is 0 Å². The fraction of sp³-hybridized carbons (Fsp3) is 0.348. The van der Waals surface area contributed by atoms with E-state index in [2.05, 4.69) is 18.5 Å². The van der Waals surface area contributed by atoms with Crippen LogP contribution in [0.15, 0.2) is 54.6 Å². The Balaban J connectivity index is -0.000000604. The van der Waals surface area contributed by atoms with Crippen LogP contribution >= 0.6 is 22.9 Å². The van der Waals surface area contributed by atoms with Crippen LogP contribution < -0.4 is 5.32 Å². The first-order valence-electron chi connectivity index (χ1n) is 9.51. The highest BCUT2D eigenvalue weighted by Crippen LogP contribution is 2.36. The van der Waals surface area contributed by atoms with Crippen LogP contribution in [0.3, 0.4) is 0 Å². The van der Waals surface area contributed by atoms with Gasteiger partial charge in [0, 0.05) is 21.7 Å². The molecule has 5 heteroatoms. The molecule has 1 aromatic heterocycles. The summed E-state index contributed by atoms with van der Waals surface area (Å²) in [5, 5.41) is 15.4. The lowest BCUT2D eigenvalue weighted by atomic mass is 10.0. The lowest BCUT2D eigenvalue weighted by Gasteiger charge is -2.06. The smallest absolute Gasteiger partial charge is 0.339 e. The van der Waals surface area contributed by atoms with Crippen molar-refractivity contribution in [1.82, 2.24) is 0 Å². The minimum Gasteiger partial charge on any atom is -0.478 e. The Labute approximate surface area is 180 Å². The van der Waals surface area contributed by atoms with Crippen LogP contribution in [0.1, 0.15) is 65.7 Å². The maximum absolute atomic E-state index is 11.4. The molecule has 0 unspecified atom stereocenters. The summed E-state index contributed by atoms with van der Waals surface area (Å²) in [5.74, 6) is -0.963. The third-order valence-corrected chi connectivity index (χ3v) is 3.63. The quantitative estimate of drug-likeness (QED) is 0.480. The zero-order valence-electron chi connectivity index (χ0n) is 18.5. The zero-order chi connectivity index (χ0) is 22.7. The Morgan fingerprint density at radius 2 is 1.54 bits per heavy atom. The molecule has 2 N–H and O–H groups in total. The fourth-order valence-electron chi connectivity index (χ4n) is 1.70. The van der Waals surface area contributed by atoms with E-state index in [-0.39, 0.29) is 5.56 Å². The molecule has 1 aromatic carbocycles. The molecule has 0 amide bonds. The number of halogens is 1. The normalized spacial score (nSPS) is 8.04. The molecule has 0 saturated heterocycles. The van der Waals surface area contributed by atoms with E-state index in [1.54, 1.807) is 37.3 Å². The summed E-state index contributed by atoms with van der Waals surface area (Å²) in [6, 6.07) is 7.10. The van der Waals surface area contributed by atoms with Crippen LogP contribution in [-0.2, 0) is 0 Å². The summed E-state index contributed by atoms with van der Waals surface area (Å²) in [6.07, 6.45) is 1.75. The number of benzene rings is 1. The predicted molar refractivity (Wildman–Crippen MR) is 130 cm³/mol. The van der Waals surface area contributed by atoms with Gasteiger partial charge in [0.05, 0.1) is 0 Å². The van der Waals surface area contributed by atoms with Crippen molar-refractivity contribution in [1.29, 1.82) is 0 Å². The molecular formula is C23H36ClNO2S. The minimum atomic E-state index is -0.963. The Hall–Kier alpha value is -2.04. The van der Waals surface area contributed by atoms with E-state index in [0.717, 1.165) is 5.56 Å². The fourth-order valence-corrected chi connectivity index (χ4v) is 2.86. The second-order valence-electron chi connectivity index (χ2n) is 4.48. The van der Waals surface area contributed by atoms with E-state index in [9.17, 15) is 9.90 Å². The Kier molecular flexibility index (Phi) is 21.6. The van der Waals surface area contributed by atoms with Crippen molar-refractivity contribution in [2.45, 2.75) is 55.4 Å². The van der Waals surface area contributed by atoms with Crippen molar-refractivity contribution in [3.8, 4) is 11.1 Å². The highest BCUT2D eigenvalue weighted by atomic mass is 35.5. The molecule has 2 aromatic rings. The van der Waals surface area contributed by atoms with Gasteiger partial charge in [-0.3, -0.25) is 0 Å². The molecule has 158 valence electrons. The van der Waals surface area contributed by atoms with E-state index in [0.29, 0.717) is 21.3 Å². The van der Waals surface area contributed by atoms with Gasteiger partial charge in [0.1, 0.15) is 10.6 Å². The van der Waals surface area contributed by atoms with E-state index >= 15 is 0 Å². The lowest BCUT2D eigenvalue weighted by Crippen LogP contribution is -2.02. The monoisotopic (exact) mass is 425 g/mol. The second-order valence-corrected chi connectivity index (χ2v) is 5.80. The van der Waals surface area contributed by atoms with Crippen LogP contribution in [0.5, 0.6) is 0 Å². The minimum absolute atomic E-state index is 0.260. The summed E-state index contributed by atoms with van der Waals surface area (Å²) < 4.78 is 0. The largest absolute Gasteiger partial charge is 0.478 e. The molecule has 0 aliphatic rings. The van der Waals surface area contributed by atoms with Gasteiger partial charge in [0.15, 0.2) is 0 Å². The number of carboxylic acid groups (broad SMARTS) is 1. The summed E-state index contributed by atoms with van der Waals surface area (Å²) in [7, 11) is 0. The first kappa shape index (κ1) is 30.7. The summed E-state index contributed by atoms with van der Waals surface area (Å²) in [4.78, 5) is 11.4. The molecule has 0 aliphatic heterocycles. The average Bonchev–Trinajstić information content (AvgIpc) is 3.11. The van der Waals surface area contributed by atoms with E-state index in [1.165, 1.54) is 11.3 Å². The van der Waals surface area contributed by atoms with Gasteiger partial charge < -0.3 is 10.4 Å². The molecule has 0 radical (unpaired) electrons. The van der Waals surface area contributed by atoms with Gasteiger partial charge in [-0.15, -0.1) is 17.9 Å². The van der Waals surface area contributed by atoms with Crippen LogP contribution in [0.25, 0.3) is 11.1 Å². The molecule has 0 saturated carbocycles. The second kappa shape index (κ2) is 19.7. The Bertz CT molecular complexity index is 676. The number of rotatable bonds is 4. The lowest BCUT2D eigenvalue weighted by molar-refractivity contribution is 0.0699. The molecule has 0 atom stereocenters. The maximum atomic E-state index is 11.4. The zero-order valence-corrected chi connectivity index (χ0v) is 20.1. The Morgan fingerprint density at radius 3 is 1.89 bits per heavy atom. The number of carboxylic acids is 1. The summed E-state index contributed by atoms with van der Waals surface area (Å²) in [6.45, 7) is 22.8. The standard InChI is InChI=1S/C14H12ClNO2S.C3H6.3C2H6/c1-8(2)16-13-12(14(17)18)11(7-19-13)9-3-5-10(15)6-4-9;1-3-2;3*1-2/h3-7,16H,1H2,2H3,(H,17,18);3H,1H2,2H3;3*1-2H3. The number of aromatic carboxylic acids is 1. The van der Waals surface area contributed by atoms with Crippen LogP contribution in [0.2, 0.25) is 5.02 Å². The van der Waals surface area contributed by atoms with Crippen LogP contribution in [-0.4, -0.2) is 11.1 Å². The molecular weight excluding hydrogens is 390 g/mol. The van der Waals surface area contributed by atoms with Gasteiger partial charge >= 0.3 is 5.97 Å². The van der Waals surface area contributed by atoms with Gasteiger partial charge in [-0.25, -0.2) is 4.79 Å². The third kappa shape index (κ3) is 11.6. The summed E-state index contributed by atoms with van der Waals surface area (Å²) >= 11 is 7.18. The van der Waals surface area contributed by atoms with Crippen LogP contribution in [0, 0.1) is 0 Å². The number of nitrogens with one attached hydrogen (secondary N) is 1. The first-order chi connectivity index (χ1) is 13.4. The van der Waals surface area contributed by atoms with Crippen molar-refractivity contribution >= 4 is 33.9 Å². The highest BCUT2D eigenvalue weighted by molar-refractivity contribution is 7.15. The molecule has 0 spiro atoms.